The number of aliphatic imine (C=N–C) groups is 1. The van der Waals surface area contributed by atoms with Crippen LogP contribution in [0.1, 0.15) is 98.0 Å². The zero-order valence-corrected chi connectivity index (χ0v) is 30.4. The second-order valence-corrected chi connectivity index (χ2v) is 13.2. The highest BCUT2D eigenvalue weighted by molar-refractivity contribution is 6.47. The molecule has 1 atom stereocenters. The average molecular weight is 684 g/mol. The summed E-state index contributed by atoms with van der Waals surface area (Å²) >= 11 is 0. The van der Waals surface area contributed by atoms with E-state index in [4.69, 9.17) is 10.8 Å². The molecule has 1 aliphatic heterocycles. The summed E-state index contributed by atoms with van der Waals surface area (Å²) in [5.74, 6) is -0.896. The second kappa shape index (κ2) is 17.8. The van der Waals surface area contributed by atoms with Crippen molar-refractivity contribution in [2.45, 2.75) is 86.2 Å². The summed E-state index contributed by atoms with van der Waals surface area (Å²) in [4.78, 5) is 49.6. The van der Waals surface area contributed by atoms with Crippen molar-refractivity contribution in [1.82, 2.24) is 19.6 Å². The fourth-order valence-corrected chi connectivity index (χ4v) is 5.98. The monoisotopic (exact) mass is 683 g/mol. The number of nitrogens with zero attached hydrogens (tertiary/aromatic N) is 5. The number of aromatic nitrogens is 2. The molecular weight excluding hydrogens is 630 g/mol. The zero-order valence-electron chi connectivity index (χ0n) is 30.4. The maximum absolute atomic E-state index is 14.6. The van der Waals surface area contributed by atoms with Crippen LogP contribution in [0.5, 0.6) is 0 Å². The lowest BCUT2D eigenvalue weighted by Crippen LogP contribution is -2.46. The van der Waals surface area contributed by atoms with Crippen LogP contribution in [0.2, 0.25) is 0 Å². The molecule has 11 nitrogen and oxygen atoms in total. The quantitative estimate of drug-likeness (QED) is 0.176. The van der Waals surface area contributed by atoms with E-state index in [9.17, 15) is 19.5 Å². The number of hydrogen-bond donors (Lipinski definition) is 3. The van der Waals surface area contributed by atoms with E-state index in [1.165, 1.54) is 0 Å². The van der Waals surface area contributed by atoms with Crippen molar-refractivity contribution in [3.8, 4) is 5.69 Å². The number of nitrogens with one attached hydrogen (secondary N) is 1. The van der Waals surface area contributed by atoms with Crippen molar-refractivity contribution in [3.05, 3.63) is 88.4 Å². The number of carbonyl (C=O) groups is 3. The lowest BCUT2D eigenvalue weighted by molar-refractivity contribution is -0.110. The van der Waals surface area contributed by atoms with E-state index in [1.54, 1.807) is 39.9 Å². The number of benzene rings is 2. The number of aryl methyl sites for hydroxylation is 1. The van der Waals surface area contributed by atoms with Gasteiger partial charge in [0.15, 0.2) is 5.69 Å². The molecule has 50 heavy (non-hydrogen) atoms. The summed E-state index contributed by atoms with van der Waals surface area (Å²) in [5, 5.41) is 18.1. The molecule has 0 bridgehead atoms. The first-order valence-electron chi connectivity index (χ1n) is 17.8. The normalized spacial score (nSPS) is 14.9. The molecule has 4 rings (SSSR count). The predicted octanol–water partition coefficient (Wildman–Crippen LogP) is 5.68. The number of aliphatic hydroxyl groups excluding tert-OH is 1. The molecule has 0 saturated heterocycles. The summed E-state index contributed by atoms with van der Waals surface area (Å²) in [5.41, 5.74) is 11.1. The molecule has 0 saturated carbocycles. The Morgan fingerprint density at radius 1 is 1.06 bits per heavy atom. The number of rotatable bonds is 15. The van der Waals surface area contributed by atoms with E-state index in [0.717, 1.165) is 36.8 Å². The maximum atomic E-state index is 14.6. The molecule has 11 heteroatoms. The molecule has 0 unspecified atom stereocenters. The van der Waals surface area contributed by atoms with Gasteiger partial charge in [-0.1, -0.05) is 64.8 Å². The Morgan fingerprint density at radius 3 is 2.36 bits per heavy atom. The number of fused-ring (bicyclic) bond motifs is 1. The highest BCUT2D eigenvalue weighted by atomic mass is 16.3. The van der Waals surface area contributed by atoms with Crippen LogP contribution in [0, 0.1) is 12.8 Å². The van der Waals surface area contributed by atoms with E-state index < -0.39 is 11.9 Å². The summed E-state index contributed by atoms with van der Waals surface area (Å²) in [7, 11) is 0. The SMILES string of the molecule is CCCCN(CCCC)C(=O)c1cc(C)n(-c2ccc(NC(=O)C(/C=C(\N)C(C)C)=NCC)cc2C(=O)N2Cc3ccccc3C[C@H]2CO)n1. The fourth-order valence-electron chi connectivity index (χ4n) is 5.98. The van der Waals surface area contributed by atoms with Crippen LogP contribution in [0.4, 0.5) is 5.69 Å². The topological polar surface area (TPSA) is 146 Å². The first kappa shape index (κ1) is 38.0. The second-order valence-electron chi connectivity index (χ2n) is 13.2. The van der Waals surface area contributed by atoms with Crippen molar-refractivity contribution >= 4 is 29.1 Å². The Kier molecular flexibility index (Phi) is 13.5. The lowest BCUT2D eigenvalue weighted by Gasteiger charge is -2.36. The van der Waals surface area contributed by atoms with Crippen molar-refractivity contribution < 1.29 is 19.5 Å². The minimum atomic E-state index is -0.455. The third kappa shape index (κ3) is 9.06. The summed E-state index contributed by atoms with van der Waals surface area (Å²) in [6.07, 6.45) is 5.83. The van der Waals surface area contributed by atoms with Crippen LogP contribution < -0.4 is 11.1 Å². The number of nitrogens with two attached hydrogens (primary N) is 1. The molecule has 268 valence electrons. The average Bonchev–Trinajstić information content (AvgIpc) is 3.51. The Labute approximate surface area is 296 Å². The Morgan fingerprint density at radius 2 is 1.74 bits per heavy atom. The molecular formula is C39H53N7O4. The number of allylic oxidation sites excluding steroid dienone is 1. The minimum absolute atomic E-state index is 0.0296. The molecule has 2 aromatic carbocycles. The smallest absolute Gasteiger partial charge is 0.274 e. The Balaban J connectivity index is 1.78. The molecule has 0 spiro atoms. The van der Waals surface area contributed by atoms with Gasteiger partial charge < -0.3 is 26.0 Å². The summed E-state index contributed by atoms with van der Waals surface area (Å²) in [6.45, 7) is 13.6. The Bertz CT molecular complexity index is 1720. The fraction of sp³-hybridized carbons (Fsp3) is 0.462. The first-order valence-corrected chi connectivity index (χ1v) is 17.8. The Hall–Kier alpha value is -4.77. The van der Waals surface area contributed by atoms with Gasteiger partial charge >= 0.3 is 0 Å². The van der Waals surface area contributed by atoms with Gasteiger partial charge in [-0.2, -0.15) is 5.10 Å². The summed E-state index contributed by atoms with van der Waals surface area (Å²) < 4.78 is 1.62. The molecule has 3 aromatic rings. The molecule has 0 radical (unpaired) electrons. The van der Waals surface area contributed by atoms with Gasteiger partial charge in [-0.25, -0.2) is 4.68 Å². The lowest BCUT2D eigenvalue weighted by atomic mass is 9.93. The van der Waals surface area contributed by atoms with Crippen LogP contribution in [-0.4, -0.2) is 80.4 Å². The molecule has 0 fully saturated rings. The van der Waals surface area contributed by atoms with Crippen molar-refractivity contribution in [2.24, 2.45) is 16.6 Å². The van der Waals surface area contributed by atoms with Crippen molar-refractivity contribution in [1.29, 1.82) is 0 Å². The maximum Gasteiger partial charge on any atom is 0.274 e. The van der Waals surface area contributed by atoms with Gasteiger partial charge in [0.2, 0.25) is 0 Å². The van der Waals surface area contributed by atoms with Gasteiger partial charge in [-0.15, -0.1) is 0 Å². The first-order chi connectivity index (χ1) is 24.0. The van der Waals surface area contributed by atoms with Crippen LogP contribution in [0.3, 0.4) is 0 Å². The number of anilines is 1. The molecule has 4 N–H and O–H groups in total. The van der Waals surface area contributed by atoms with Gasteiger partial charge in [0.1, 0.15) is 5.71 Å². The van der Waals surface area contributed by atoms with E-state index in [0.29, 0.717) is 61.1 Å². The molecule has 3 amide bonds. The van der Waals surface area contributed by atoms with Gasteiger partial charge in [-0.05, 0) is 80.5 Å². The van der Waals surface area contributed by atoms with Crippen LogP contribution in [0.15, 0.2) is 65.3 Å². The van der Waals surface area contributed by atoms with Gasteiger partial charge in [0, 0.05) is 43.3 Å². The van der Waals surface area contributed by atoms with Gasteiger partial charge in [0.25, 0.3) is 17.7 Å². The van der Waals surface area contributed by atoms with Crippen LogP contribution in [0.25, 0.3) is 5.69 Å². The third-order valence-corrected chi connectivity index (χ3v) is 9.03. The zero-order chi connectivity index (χ0) is 36.4. The number of unbranched alkanes of at least 4 members (excludes halogenated alkanes) is 2. The van der Waals surface area contributed by atoms with E-state index >= 15 is 0 Å². The third-order valence-electron chi connectivity index (χ3n) is 9.03. The number of hydrogen-bond acceptors (Lipinski definition) is 7. The van der Waals surface area contributed by atoms with Gasteiger partial charge in [0.05, 0.1) is 23.9 Å². The largest absolute Gasteiger partial charge is 0.402 e. The van der Waals surface area contributed by atoms with Crippen LogP contribution >= 0.6 is 0 Å². The van der Waals surface area contributed by atoms with Crippen molar-refractivity contribution in [2.75, 3.05) is 31.6 Å². The van der Waals surface area contributed by atoms with E-state index in [1.807, 2.05) is 56.9 Å². The minimum Gasteiger partial charge on any atom is -0.402 e. The molecule has 1 aliphatic rings. The predicted molar refractivity (Wildman–Crippen MR) is 199 cm³/mol. The number of amides is 3. The van der Waals surface area contributed by atoms with E-state index in [-0.39, 0.29) is 35.6 Å². The standard InChI is InChI=1S/C39H53N7O4/c1-7-10-18-44(19-11-8-2)39(50)35-20-27(6)46(43-35)36-17-16-30(42-37(48)34(41-9-3)23-33(40)26(4)5)22-32(36)38(49)45-24-29-15-13-12-14-28(29)21-31(45)25-47/h12-17,20,22-23,26,31,47H,7-11,18-19,21,24-25,40H2,1-6H3,(H,42,48)/b33-23-,41-34?/t31-/m0/s1. The van der Waals surface area contributed by atoms with Crippen LogP contribution in [-0.2, 0) is 17.8 Å². The summed E-state index contributed by atoms with van der Waals surface area (Å²) in [6, 6.07) is 14.3. The molecule has 2 heterocycles. The van der Waals surface area contributed by atoms with Gasteiger partial charge in [-0.3, -0.25) is 19.4 Å². The highest BCUT2D eigenvalue weighted by Gasteiger charge is 2.32. The number of aliphatic hydroxyl groups is 1. The van der Waals surface area contributed by atoms with E-state index in [2.05, 4.69) is 24.2 Å². The number of carbonyl (C=O) groups excluding carboxylic acids is 3. The highest BCUT2D eigenvalue weighted by Crippen LogP contribution is 2.29. The van der Waals surface area contributed by atoms with Crippen molar-refractivity contribution in [3.63, 3.8) is 0 Å². The molecule has 0 aliphatic carbocycles. The molecule has 1 aromatic heterocycles.